The largest absolute Gasteiger partial charge is 0.350 e. The van der Waals surface area contributed by atoms with Gasteiger partial charge in [0.15, 0.2) is 0 Å². The highest BCUT2D eigenvalue weighted by molar-refractivity contribution is 5.81. The zero-order valence-electron chi connectivity index (χ0n) is 15.8. The molecule has 3 fully saturated rings. The number of aromatic nitrogens is 2. The van der Waals surface area contributed by atoms with E-state index >= 15 is 0 Å². The summed E-state index contributed by atoms with van der Waals surface area (Å²) < 4.78 is 0. The average Bonchev–Trinajstić information content (AvgIpc) is 3.58. The quantitative estimate of drug-likeness (QED) is 0.842. The Balaban J connectivity index is 1.24. The summed E-state index contributed by atoms with van der Waals surface area (Å²) in [5.41, 5.74) is 0.832. The second-order valence-electron chi connectivity index (χ2n) is 8.08. The molecule has 1 atom stereocenters. The van der Waals surface area contributed by atoms with Gasteiger partial charge in [-0.1, -0.05) is 0 Å². The second-order valence-corrected chi connectivity index (χ2v) is 8.08. The highest BCUT2D eigenvalue weighted by Crippen LogP contribution is 2.32. The Hall–Kier alpha value is -2.02. The summed E-state index contributed by atoms with van der Waals surface area (Å²) in [6, 6.07) is 2.33. The summed E-state index contributed by atoms with van der Waals surface area (Å²) in [5, 5.41) is 3.02. The number of piperidine rings is 2. The Labute approximate surface area is 160 Å². The van der Waals surface area contributed by atoms with Crippen LogP contribution in [0.15, 0.2) is 18.6 Å². The third-order valence-electron chi connectivity index (χ3n) is 6.13. The standard InChI is InChI=1S/C20H29N5O2/c26-19(22-12-17-5-8-21-14-23-17)16-2-1-9-25(13-16)18-6-10-24(11-7-18)20(27)15-3-4-15/h5,8,14-16,18H,1-4,6-7,9-13H2,(H,22,26). The summed E-state index contributed by atoms with van der Waals surface area (Å²) in [6.07, 6.45) is 9.44. The van der Waals surface area contributed by atoms with Gasteiger partial charge in [0.25, 0.3) is 0 Å². The van der Waals surface area contributed by atoms with Crippen molar-refractivity contribution < 1.29 is 9.59 Å². The third-order valence-corrected chi connectivity index (χ3v) is 6.13. The van der Waals surface area contributed by atoms with Crippen molar-refractivity contribution in [1.29, 1.82) is 0 Å². The molecule has 2 saturated heterocycles. The Morgan fingerprint density at radius 3 is 2.59 bits per heavy atom. The fraction of sp³-hybridized carbons (Fsp3) is 0.700. The van der Waals surface area contributed by atoms with Gasteiger partial charge in [-0.05, 0) is 51.1 Å². The molecule has 2 aliphatic heterocycles. The molecule has 0 radical (unpaired) electrons. The van der Waals surface area contributed by atoms with Crippen LogP contribution in [-0.2, 0) is 16.1 Å². The number of carbonyl (C=O) groups is 2. The molecule has 27 heavy (non-hydrogen) atoms. The van der Waals surface area contributed by atoms with E-state index in [1.54, 1.807) is 6.20 Å². The van der Waals surface area contributed by atoms with Crippen molar-refractivity contribution >= 4 is 11.8 Å². The van der Waals surface area contributed by atoms with E-state index in [-0.39, 0.29) is 11.8 Å². The summed E-state index contributed by atoms with van der Waals surface area (Å²) in [5.74, 6) is 0.861. The van der Waals surface area contributed by atoms with Gasteiger partial charge in [0.05, 0.1) is 18.2 Å². The normalized spacial score (nSPS) is 24.6. The van der Waals surface area contributed by atoms with Crippen molar-refractivity contribution in [3.05, 3.63) is 24.3 Å². The van der Waals surface area contributed by atoms with E-state index in [9.17, 15) is 9.59 Å². The van der Waals surface area contributed by atoms with E-state index in [4.69, 9.17) is 0 Å². The van der Waals surface area contributed by atoms with Crippen LogP contribution in [0, 0.1) is 11.8 Å². The van der Waals surface area contributed by atoms with Crippen LogP contribution in [0.5, 0.6) is 0 Å². The van der Waals surface area contributed by atoms with Crippen LogP contribution in [0.3, 0.4) is 0 Å². The minimum atomic E-state index is 0.0479. The zero-order valence-corrected chi connectivity index (χ0v) is 15.8. The smallest absolute Gasteiger partial charge is 0.225 e. The van der Waals surface area contributed by atoms with E-state index in [2.05, 4.69) is 25.1 Å². The van der Waals surface area contributed by atoms with Crippen LogP contribution in [0.4, 0.5) is 0 Å². The van der Waals surface area contributed by atoms with Crippen LogP contribution < -0.4 is 5.32 Å². The number of nitrogens with zero attached hydrogens (tertiary/aromatic N) is 4. The Morgan fingerprint density at radius 2 is 1.89 bits per heavy atom. The first-order valence-electron chi connectivity index (χ1n) is 10.3. The molecule has 4 rings (SSSR count). The number of hydrogen-bond acceptors (Lipinski definition) is 5. The minimum absolute atomic E-state index is 0.0479. The highest BCUT2D eigenvalue weighted by atomic mass is 16.2. The summed E-state index contributed by atoms with van der Waals surface area (Å²) >= 11 is 0. The predicted molar refractivity (Wildman–Crippen MR) is 101 cm³/mol. The molecule has 1 aromatic rings. The SMILES string of the molecule is O=C(NCc1ccncn1)C1CCCN(C2CCN(C(=O)C3CC3)CC2)C1. The third kappa shape index (κ3) is 4.64. The monoisotopic (exact) mass is 371 g/mol. The maximum Gasteiger partial charge on any atom is 0.225 e. The topological polar surface area (TPSA) is 78.4 Å². The lowest BCUT2D eigenvalue weighted by Gasteiger charge is -2.42. The van der Waals surface area contributed by atoms with Crippen LogP contribution in [0.1, 0.15) is 44.2 Å². The first-order valence-corrected chi connectivity index (χ1v) is 10.3. The molecule has 0 bridgehead atoms. The number of nitrogens with one attached hydrogen (secondary N) is 1. The van der Waals surface area contributed by atoms with Gasteiger partial charge >= 0.3 is 0 Å². The van der Waals surface area contributed by atoms with Gasteiger partial charge in [-0.25, -0.2) is 9.97 Å². The number of rotatable bonds is 5. The van der Waals surface area contributed by atoms with Gasteiger partial charge in [0.2, 0.25) is 11.8 Å². The fourth-order valence-corrected chi connectivity index (χ4v) is 4.34. The molecular weight excluding hydrogens is 342 g/mol. The lowest BCUT2D eigenvalue weighted by Crippen LogP contribution is -2.51. The minimum Gasteiger partial charge on any atom is -0.350 e. The molecule has 0 spiro atoms. The van der Waals surface area contributed by atoms with E-state index in [1.165, 1.54) is 6.33 Å². The molecule has 3 heterocycles. The fourth-order valence-electron chi connectivity index (χ4n) is 4.34. The first kappa shape index (κ1) is 18.3. The molecule has 7 nitrogen and oxygen atoms in total. The van der Waals surface area contributed by atoms with Crippen LogP contribution in [-0.4, -0.2) is 63.8 Å². The van der Waals surface area contributed by atoms with Gasteiger partial charge in [-0.2, -0.15) is 0 Å². The van der Waals surface area contributed by atoms with Gasteiger partial charge in [-0.15, -0.1) is 0 Å². The van der Waals surface area contributed by atoms with Gasteiger partial charge in [0.1, 0.15) is 6.33 Å². The molecule has 7 heteroatoms. The van der Waals surface area contributed by atoms with Crippen molar-refractivity contribution in [3.8, 4) is 0 Å². The molecule has 146 valence electrons. The van der Waals surface area contributed by atoms with Crippen molar-refractivity contribution in [2.75, 3.05) is 26.2 Å². The van der Waals surface area contributed by atoms with Gasteiger partial charge < -0.3 is 10.2 Å². The molecule has 1 N–H and O–H groups in total. The Morgan fingerprint density at radius 1 is 1.07 bits per heavy atom. The molecule has 3 aliphatic rings. The summed E-state index contributed by atoms with van der Waals surface area (Å²) in [4.78, 5) is 37.4. The van der Waals surface area contributed by atoms with Crippen LogP contribution >= 0.6 is 0 Å². The Bertz CT molecular complexity index is 656. The lowest BCUT2D eigenvalue weighted by molar-refractivity contribution is -0.134. The zero-order chi connectivity index (χ0) is 18.6. The van der Waals surface area contributed by atoms with Gasteiger partial charge in [0, 0.05) is 37.8 Å². The van der Waals surface area contributed by atoms with Crippen LogP contribution in [0.2, 0.25) is 0 Å². The molecule has 2 amide bonds. The lowest BCUT2D eigenvalue weighted by atomic mass is 9.93. The average molecular weight is 371 g/mol. The number of likely N-dealkylation sites (tertiary alicyclic amines) is 2. The molecule has 1 unspecified atom stereocenters. The molecule has 1 saturated carbocycles. The number of amides is 2. The maximum absolute atomic E-state index is 12.6. The summed E-state index contributed by atoms with van der Waals surface area (Å²) in [6.45, 7) is 4.11. The molecule has 1 aromatic heterocycles. The second kappa shape index (κ2) is 8.33. The highest BCUT2D eigenvalue weighted by Gasteiger charge is 2.37. The molecule has 0 aromatic carbocycles. The van der Waals surface area contributed by atoms with Crippen molar-refractivity contribution in [1.82, 2.24) is 25.1 Å². The predicted octanol–water partition coefficient (Wildman–Crippen LogP) is 1.21. The van der Waals surface area contributed by atoms with Crippen LogP contribution in [0.25, 0.3) is 0 Å². The van der Waals surface area contributed by atoms with E-state index in [0.717, 1.165) is 70.4 Å². The molecule has 1 aliphatic carbocycles. The van der Waals surface area contributed by atoms with Crippen molar-refractivity contribution in [2.24, 2.45) is 11.8 Å². The summed E-state index contributed by atoms with van der Waals surface area (Å²) in [7, 11) is 0. The number of hydrogen-bond donors (Lipinski definition) is 1. The van der Waals surface area contributed by atoms with E-state index in [0.29, 0.717) is 24.4 Å². The van der Waals surface area contributed by atoms with Gasteiger partial charge in [-0.3, -0.25) is 14.5 Å². The maximum atomic E-state index is 12.6. The Kier molecular flexibility index (Phi) is 5.66. The van der Waals surface area contributed by atoms with E-state index < -0.39 is 0 Å². The molecular formula is C20H29N5O2. The van der Waals surface area contributed by atoms with E-state index in [1.807, 2.05) is 6.07 Å². The van der Waals surface area contributed by atoms with Crippen molar-refractivity contribution in [2.45, 2.75) is 51.1 Å². The first-order chi connectivity index (χ1) is 13.2. The van der Waals surface area contributed by atoms with Crippen molar-refractivity contribution in [3.63, 3.8) is 0 Å². The number of carbonyl (C=O) groups excluding carboxylic acids is 2.